The first kappa shape index (κ1) is 17.0. The molecule has 2 aromatic carbocycles. The molecule has 3 nitrogen and oxygen atoms in total. The van der Waals surface area contributed by atoms with Gasteiger partial charge in [-0.15, -0.1) is 0 Å². The molecule has 1 saturated carbocycles. The van der Waals surface area contributed by atoms with Crippen molar-refractivity contribution in [2.24, 2.45) is 10.9 Å². The first-order valence-corrected chi connectivity index (χ1v) is 9.76. The summed E-state index contributed by atoms with van der Waals surface area (Å²) in [6, 6.07) is 18.7. The maximum Gasteiger partial charge on any atom is 0.233 e. The third-order valence-electron chi connectivity index (χ3n) is 5.77. The number of hydrogen-bond acceptors (Lipinski definition) is 2. The quantitative estimate of drug-likeness (QED) is 0.849. The van der Waals surface area contributed by atoms with Crippen LogP contribution in [-0.4, -0.2) is 12.1 Å². The van der Waals surface area contributed by atoms with Crippen LogP contribution in [0.1, 0.15) is 60.8 Å². The molecule has 1 fully saturated rings. The monoisotopic (exact) mass is 346 g/mol. The second-order valence-electron chi connectivity index (χ2n) is 7.46. The lowest BCUT2D eigenvalue weighted by molar-refractivity contribution is -0.122. The minimum Gasteiger partial charge on any atom is -0.348 e. The minimum absolute atomic E-state index is 0.0697. The van der Waals surface area contributed by atoms with Gasteiger partial charge in [-0.3, -0.25) is 9.79 Å². The summed E-state index contributed by atoms with van der Waals surface area (Å²) in [5.41, 5.74) is 3.47. The van der Waals surface area contributed by atoms with Gasteiger partial charge in [0.05, 0.1) is 18.5 Å². The van der Waals surface area contributed by atoms with Crippen molar-refractivity contribution in [3.05, 3.63) is 71.3 Å². The van der Waals surface area contributed by atoms with Gasteiger partial charge in [0.2, 0.25) is 5.91 Å². The van der Waals surface area contributed by atoms with Gasteiger partial charge in [0.25, 0.3) is 0 Å². The molecule has 2 atom stereocenters. The van der Waals surface area contributed by atoms with Gasteiger partial charge >= 0.3 is 0 Å². The SMILES string of the molecule is O=C(N[C@H](c1ccccc1)C1CCCCC1)C1C=NCc2ccccc21. The highest BCUT2D eigenvalue weighted by Gasteiger charge is 2.30. The Morgan fingerprint density at radius 3 is 2.50 bits per heavy atom. The van der Waals surface area contributed by atoms with Gasteiger partial charge in [0.15, 0.2) is 0 Å². The average molecular weight is 346 g/mol. The van der Waals surface area contributed by atoms with Crippen molar-refractivity contribution in [3.63, 3.8) is 0 Å². The summed E-state index contributed by atoms with van der Waals surface area (Å²) in [5.74, 6) is 0.306. The van der Waals surface area contributed by atoms with Crippen molar-refractivity contribution in [1.82, 2.24) is 5.32 Å². The van der Waals surface area contributed by atoms with Gasteiger partial charge in [-0.1, -0.05) is 73.9 Å². The van der Waals surface area contributed by atoms with E-state index in [-0.39, 0.29) is 17.9 Å². The van der Waals surface area contributed by atoms with Gasteiger partial charge in [0.1, 0.15) is 0 Å². The highest BCUT2D eigenvalue weighted by molar-refractivity contribution is 6.00. The lowest BCUT2D eigenvalue weighted by atomic mass is 9.80. The standard InChI is InChI=1S/C23H26N2O/c26-23(21-16-24-15-19-13-7-8-14-20(19)21)25-22(17-9-3-1-4-10-17)18-11-5-2-6-12-18/h1,3-4,7-10,13-14,16,18,21-22H,2,5-6,11-12,15H2,(H,25,26)/t21?,22-/m1/s1. The van der Waals surface area contributed by atoms with Crippen LogP contribution in [0.15, 0.2) is 59.6 Å². The third-order valence-corrected chi connectivity index (χ3v) is 5.77. The molecule has 0 spiro atoms. The maximum absolute atomic E-state index is 13.2. The zero-order chi connectivity index (χ0) is 17.8. The van der Waals surface area contributed by atoms with Crippen LogP contribution < -0.4 is 5.32 Å². The van der Waals surface area contributed by atoms with Gasteiger partial charge < -0.3 is 5.32 Å². The molecule has 1 amide bonds. The van der Waals surface area contributed by atoms with E-state index in [1.807, 2.05) is 24.4 Å². The summed E-state index contributed by atoms with van der Waals surface area (Å²) in [6.07, 6.45) is 8.04. The van der Waals surface area contributed by atoms with E-state index in [4.69, 9.17) is 0 Å². The average Bonchev–Trinajstić information content (AvgIpc) is 2.72. The van der Waals surface area contributed by atoms with E-state index in [1.54, 1.807) is 0 Å². The summed E-state index contributed by atoms with van der Waals surface area (Å²) in [6.45, 7) is 0.671. The van der Waals surface area contributed by atoms with Gasteiger partial charge in [-0.25, -0.2) is 0 Å². The van der Waals surface area contributed by atoms with Crippen LogP contribution in [0.2, 0.25) is 0 Å². The van der Waals surface area contributed by atoms with Crippen molar-refractivity contribution in [1.29, 1.82) is 0 Å². The Hall–Kier alpha value is -2.42. The van der Waals surface area contributed by atoms with Crippen molar-refractivity contribution >= 4 is 12.1 Å². The normalized spacial score (nSPS) is 21.0. The number of amides is 1. The number of nitrogens with zero attached hydrogens (tertiary/aromatic N) is 1. The highest BCUT2D eigenvalue weighted by Crippen LogP contribution is 2.35. The topological polar surface area (TPSA) is 41.5 Å². The number of carbonyl (C=O) groups is 1. The molecule has 0 bridgehead atoms. The largest absolute Gasteiger partial charge is 0.348 e. The Morgan fingerprint density at radius 2 is 1.69 bits per heavy atom. The molecule has 1 aliphatic carbocycles. The molecule has 26 heavy (non-hydrogen) atoms. The molecule has 1 heterocycles. The fraction of sp³-hybridized carbons (Fsp3) is 0.391. The molecule has 3 heteroatoms. The molecule has 134 valence electrons. The fourth-order valence-corrected chi connectivity index (χ4v) is 4.37. The second kappa shape index (κ2) is 7.86. The van der Waals surface area contributed by atoms with Crippen molar-refractivity contribution in [3.8, 4) is 0 Å². The fourth-order valence-electron chi connectivity index (χ4n) is 4.37. The van der Waals surface area contributed by atoms with Crippen molar-refractivity contribution < 1.29 is 4.79 Å². The molecule has 1 N–H and O–H groups in total. The zero-order valence-electron chi connectivity index (χ0n) is 15.1. The van der Waals surface area contributed by atoms with E-state index >= 15 is 0 Å². The molecule has 4 rings (SSSR count). The molecule has 2 aliphatic rings. The van der Waals surface area contributed by atoms with Gasteiger partial charge in [-0.2, -0.15) is 0 Å². The molecular weight excluding hydrogens is 320 g/mol. The van der Waals surface area contributed by atoms with E-state index in [2.05, 4.69) is 46.7 Å². The van der Waals surface area contributed by atoms with E-state index in [0.29, 0.717) is 12.5 Å². The number of rotatable bonds is 4. The summed E-state index contributed by atoms with van der Waals surface area (Å²) in [7, 11) is 0. The Labute approximate surface area is 155 Å². The van der Waals surface area contributed by atoms with Crippen LogP contribution in [0, 0.1) is 5.92 Å². The van der Waals surface area contributed by atoms with Crippen LogP contribution in [0.5, 0.6) is 0 Å². The van der Waals surface area contributed by atoms with E-state index < -0.39 is 0 Å². The number of fused-ring (bicyclic) bond motifs is 1. The molecule has 0 radical (unpaired) electrons. The summed E-state index contributed by atoms with van der Waals surface area (Å²) < 4.78 is 0. The highest BCUT2D eigenvalue weighted by atomic mass is 16.2. The Balaban J connectivity index is 1.58. The molecule has 0 saturated heterocycles. The number of benzene rings is 2. The zero-order valence-corrected chi connectivity index (χ0v) is 15.1. The number of aliphatic imine (C=N–C) groups is 1. The number of nitrogens with one attached hydrogen (secondary N) is 1. The number of hydrogen-bond donors (Lipinski definition) is 1. The molecule has 2 aromatic rings. The predicted octanol–water partition coefficient (Wildman–Crippen LogP) is 4.79. The Kier molecular flexibility index (Phi) is 5.14. The second-order valence-corrected chi connectivity index (χ2v) is 7.46. The molecule has 1 unspecified atom stereocenters. The van der Waals surface area contributed by atoms with Crippen LogP contribution in [-0.2, 0) is 11.3 Å². The third kappa shape index (κ3) is 3.57. The Bertz CT molecular complexity index is 778. The number of carbonyl (C=O) groups excluding carboxylic acids is 1. The van der Waals surface area contributed by atoms with Crippen LogP contribution in [0.3, 0.4) is 0 Å². The summed E-state index contributed by atoms with van der Waals surface area (Å²) in [5, 5.41) is 3.38. The van der Waals surface area contributed by atoms with E-state index in [1.165, 1.54) is 37.7 Å². The van der Waals surface area contributed by atoms with Gasteiger partial charge in [-0.05, 0) is 35.4 Å². The van der Waals surface area contributed by atoms with E-state index in [9.17, 15) is 4.79 Å². The summed E-state index contributed by atoms with van der Waals surface area (Å²) >= 11 is 0. The predicted molar refractivity (Wildman–Crippen MR) is 105 cm³/mol. The lowest BCUT2D eigenvalue weighted by Crippen LogP contribution is -2.38. The lowest BCUT2D eigenvalue weighted by Gasteiger charge is -2.32. The molecule has 0 aromatic heterocycles. The first-order valence-electron chi connectivity index (χ1n) is 9.76. The maximum atomic E-state index is 13.2. The Morgan fingerprint density at radius 1 is 0.962 bits per heavy atom. The van der Waals surface area contributed by atoms with Crippen LogP contribution in [0.4, 0.5) is 0 Å². The van der Waals surface area contributed by atoms with Crippen LogP contribution >= 0.6 is 0 Å². The van der Waals surface area contributed by atoms with E-state index in [0.717, 1.165) is 11.1 Å². The summed E-state index contributed by atoms with van der Waals surface area (Å²) in [4.78, 5) is 17.6. The van der Waals surface area contributed by atoms with Gasteiger partial charge in [0, 0.05) is 6.21 Å². The minimum atomic E-state index is -0.283. The molecular formula is C23H26N2O. The molecule has 1 aliphatic heterocycles. The van der Waals surface area contributed by atoms with Crippen LogP contribution in [0.25, 0.3) is 0 Å². The van der Waals surface area contributed by atoms with Crippen molar-refractivity contribution in [2.45, 2.75) is 50.6 Å². The van der Waals surface area contributed by atoms with Crippen molar-refractivity contribution in [2.75, 3.05) is 0 Å². The smallest absolute Gasteiger partial charge is 0.233 e. The first-order chi connectivity index (χ1) is 12.8.